The highest BCUT2D eigenvalue weighted by Gasteiger charge is 2.12. The van der Waals surface area contributed by atoms with Crippen molar-refractivity contribution in [3.8, 4) is 5.75 Å². The lowest BCUT2D eigenvalue weighted by Crippen LogP contribution is -2.28. The van der Waals surface area contributed by atoms with Crippen LogP contribution >= 0.6 is 23.8 Å². The molecular formula is C18H19ClN2O3S. The Labute approximate surface area is 157 Å². The fraction of sp³-hybridized carbons (Fsp3) is 0.222. The number of nitrogens with one attached hydrogen (secondary N) is 2. The molecule has 0 spiro atoms. The minimum Gasteiger partial charge on any atom is -0.497 e. The number of halogens is 1. The number of benzene rings is 2. The molecule has 2 N–H and O–H groups in total. The molecule has 7 heteroatoms. The molecule has 0 unspecified atom stereocenters. The predicted molar refractivity (Wildman–Crippen MR) is 103 cm³/mol. The van der Waals surface area contributed by atoms with Crippen LogP contribution in [0.2, 0.25) is 5.02 Å². The van der Waals surface area contributed by atoms with Crippen LogP contribution < -0.4 is 15.4 Å². The number of methoxy groups -OCH3 is 1. The molecule has 2 aromatic rings. The summed E-state index contributed by atoms with van der Waals surface area (Å²) in [6.45, 7) is 2.59. The first kappa shape index (κ1) is 19.0. The molecule has 0 fully saturated rings. The smallest absolute Gasteiger partial charge is 0.339 e. The molecule has 0 aliphatic rings. The number of hydrogen-bond acceptors (Lipinski definition) is 4. The van der Waals surface area contributed by atoms with E-state index in [4.69, 9.17) is 33.3 Å². The molecule has 2 rings (SSSR count). The minimum atomic E-state index is -0.465. The first-order valence-corrected chi connectivity index (χ1v) is 8.46. The maximum Gasteiger partial charge on any atom is 0.339 e. The second-order valence-electron chi connectivity index (χ2n) is 5.07. The molecule has 0 saturated heterocycles. The molecule has 2 aromatic carbocycles. The SMILES string of the molecule is CCOC(=O)c1cc(NC(=S)NCc2ccc(OC)cc2)ccc1Cl. The molecule has 5 nitrogen and oxygen atoms in total. The summed E-state index contributed by atoms with van der Waals surface area (Å²) < 4.78 is 10.1. The van der Waals surface area contributed by atoms with Crippen LogP contribution in [0.3, 0.4) is 0 Å². The molecule has 0 amide bonds. The molecule has 0 aliphatic heterocycles. The molecule has 0 saturated carbocycles. The zero-order chi connectivity index (χ0) is 18.2. The summed E-state index contributed by atoms with van der Waals surface area (Å²) in [6, 6.07) is 12.7. The van der Waals surface area contributed by atoms with Crippen LogP contribution in [-0.2, 0) is 11.3 Å². The van der Waals surface area contributed by atoms with Crippen LogP contribution in [0, 0.1) is 0 Å². The Morgan fingerprint density at radius 3 is 2.56 bits per heavy atom. The van der Waals surface area contributed by atoms with E-state index in [1.54, 1.807) is 32.2 Å². The molecule has 0 bridgehead atoms. The summed E-state index contributed by atoms with van der Waals surface area (Å²) in [5, 5.41) is 6.90. The lowest BCUT2D eigenvalue weighted by atomic mass is 10.2. The second-order valence-corrected chi connectivity index (χ2v) is 5.89. The van der Waals surface area contributed by atoms with Crippen LogP contribution in [-0.4, -0.2) is 24.8 Å². The number of esters is 1. The van der Waals surface area contributed by atoms with Crippen molar-refractivity contribution in [2.75, 3.05) is 19.0 Å². The maximum absolute atomic E-state index is 11.9. The lowest BCUT2D eigenvalue weighted by molar-refractivity contribution is 0.0526. The van der Waals surface area contributed by atoms with Crippen molar-refractivity contribution >= 4 is 40.6 Å². The monoisotopic (exact) mass is 378 g/mol. The van der Waals surface area contributed by atoms with Crippen molar-refractivity contribution in [1.29, 1.82) is 0 Å². The quantitative estimate of drug-likeness (QED) is 0.585. The van der Waals surface area contributed by atoms with Crippen molar-refractivity contribution in [2.45, 2.75) is 13.5 Å². The number of carbonyl (C=O) groups is 1. The van der Waals surface area contributed by atoms with Gasteiger partial charge >= 0.3 is 5.97 Å². The van der Waals surface area contributed by atoms with Gasteiger partial charge in [-0.15, -0.1) is 0 Å². The van der Waals surface area contributed by atoms with Gasteiger partial charge < -0.3 is 20.1 Å². The Bertz CT molecular complexity index is 750. The van der Waals surface area contributed by atoms with Crippen LogP contribution in [0.1, 0.15) is 22.8 Å². The lowest BCUT2D eigenvalue weighted by Gasteiger charge is -2.12. The van der Waals surface area contributed by atoms with Crippen LogP contribution in [0.25, 0.3) is 0 Å². The minimum absolute atomic E-state index is 0.286. The molecule has 0 radical (unpaired) electrons. The van der Waals surface area contributed by atoms with Gasteiger partial charge in [0.1, 0.15) is 5.75 Å². The van der Waals surface area contributed by atoms with Gasteiger partial charge in [-0.1, -0.05) is 23.7 Å². The average Bonchev–Trinajstić information content (AvgIpc) is 2.62. The fourth-order valence-corrected chi connectivity index (χ4v) is 2.45. The first-order chi connectivity index (χ1) is 12.0. The Balaban J connectivity index is 1.95. The highest BCUT2D eigenvalue weighted by molar-refractivity contribution is 7.80. The van der Waals surface area contributed by atoms with E-state index in [9.17, 15) is 4.79 Å². The van der Waals surface area contributed by atoms with E-state index in [-0.39, 0.29) is 6.61 Å². The number of thiocarbonyl (C=S) groups is 1. The second kappa shape index (κ2) is 9.25. The summed E-state index contributed by atoms with van der Waals surface area (Å²) in [5.41, 5.74) is 2.01. The number of hydrogen-bond donors (Lipinski definition) is 2. The Kier molecular flexibility index (Phi) is 7.03. The average molecular weight is 379 g/mol. The van der Waals surface area contributed by atoms with Crippen molar-refractivity contribution in [2.24, 2.45) is 0 Å². The topological polar surface area (TPSA) is 59.6 Å². The summed E-state index contributed by atoms with van der Waals surface area (Å²) in [6.07, 6.45) is 0. The first-order valence-electron chi connectivity index (χ1n) is 7.68. The largest absolute Gasteiger partial charge is 0.497 e. The van der Waals surface area contributed by atoms with Crippen molar-refractivity contribution in [1.82, 2.24) is 5.32 Å². The van der Waals surface area contributed by atoms with E-state index in [2.05, 4.69) is 10.6 Å². The highest BCUT2D eigenvalue weighted by atomic mass is 35.5. The highest BCUT2D eigenvalue weighted by Crippen LogP contribution is 2.21. The summed E-state index contributed by atoms with van der Waals surface area (Å²) >= 11 is 11.3. The molecular weight excluding hydrogens is 360 g/mol. The molecule has 132 valence electrons. The van der Waals surface area contributed by atoms with Crippen molar-refractivity contribution in [3.05, 3.63) is 58.6 Å². The number of anilines is 1. The summed E-state index contributed by atoms with van der Waals surface area (Å²) in [7, 11) is 1.63. The van der Waals surface area contributed by atoms with E-state index in [0.29, 0.717) is 27.9 Å². The van der Waals surface area contributed by atoms with Gasteiger partial charge in [0.05, 0.1) is 24.3 Å². The third-order valence-electron chi connectivity index (χ3n) is 3.33. The Morgan fingerprint density at radius 2 is 1.92 bits per heavy atom. The molecule has 25 heavy (non-hydrogen) atoms. The fourth-order valence-electron chi connectivity index (χ4n) is 2.07. The summed E-state index contributed by atoms with van der Waals surface area (Å²) in [4.78, 5) is 11.9. The number of ether oxygens (including phenoxy) is 2. The van der Waals surface area contributed by atoms with Crippen LogP contribution in [0.5, 0.6) is 5.75 Å². The zero-order valence-electron chi connectivity index (χ0n) is 14.0. The van der Waals surface area contributed by atoms with E-state index < -0.39 is 5.97 Å². The van der Waals surface area contributed by atoms with Gasteiger partial charge in [0.15, 0.2) is 5.11 Å². The van der Waals surface area contributed by atoms with Gasteiger partial charge in [0.2, 0.25) is 0 Å². The third-order valence-corrected chi connectivity index (χ3v) is 3.91. The van der Waals surface area contributed by atoms with Gasteiger partial charge in [-0.05, 0) is 55.0 Å². The van der Waals surface area contributed by atoms with Crippen LogP contribution in [0.15, 0.2) is 42.5 Å². The molecule has 0 aliphatic carbocycles. The third kappa shape index (κ3) is 5.62. The number of rotatable bonds is 6. The van der Waals surface area contributed by atoms with Gasteiger partial charge in [-0.3, -0.25) is 0 Å². The standard InChI is InChI=1S/C18H19ClN2O3S/c1-3-24-17(22)15-10-13(6-9-16(15)19)21-18(25)20-11-12-4-7-14(23-2)8-5-12/h4-10H,3,11H2,1-2H3,(H2,20,21,25). The number of carbonyl (C=O) groups excluding carboxylic acids is 1. The van der Waals surface area contributed by atoms with Crippen molar-refractivity contribution < 1.29 is 14.3 Å². The molecule has 0 heterocycles. The van der Waals surface area contributed by atoms with Gasteiger partial charge in [-0.2, -0.15) is 0 Å². The van der Waals surface area contributed by atoms with Gasteiger partial charge in [-0.25, -0.2) is 4.79 Å². The van der Waals surface area contributed by atoms with E-state index in [1.807, 2.05) is 24.3 Å². The molecule has 0 aromatic heterocycles. The van der Waals surface area contributed by atoms with Crippen LogP contribution in [0.4, 0.5) is 5.69 Å². The van der Waals surface area contributed by atoms with E-state index in [1.165, 1.54) is 0 Å². The molecule has 0 atom stereocenters. The zero-order valence-corrected chi connectivity index (χ0v) is 15.5. The maximum atomic E-state index is 11.9. The normalized spacial score (nSPS) is 10.0. The predicted octanol–water partition coefficient (Wildman–Crippen LogP) is 4.01. The van der Waals surface area contributed by atoms with Gasteiger partial charge in [0, 0.05) is 12.2 Å². The Morgan fingerprint density at radius 1 is 1.20 bits per heavy atom. The Hall–Kier alpha value is -2.31. The van der Waals surface area contributed by atoms with E-state index in [0.717, 1.165) is 11.3 Å². The van der Waals surface area contributed by atoms with Crippen molar-refractivity contribution in [3.63, 3.8) is 0 Å². The van der Waals surface area contributed by atoms with E-state index >= 15 is 0 Å². The van der Waals surface area contributed by atoms with Gasteiger partial charge in [0.25, 0.3) is 0 Å². The summed E-state index contributed by atoms with van der Waals surface area (Å²) in [5.74, 6) is 0.338.